The van der Waals surface area contributed by atoms with E-state index in [1.807, 2.05) is 6.92 Å². The molecule has 1 saturated heterocycles. The number of ketones is 1. The Bertz CT molecular complexity index is 1870. The lowest BCUT2D eigenvalue weighted by atomic mass is 10.0. The summed E-state index contributed by atoms with van der Waals surface area (Å²) in [5.74, 6) is -1.35. The lowest BCUT2D eigenvalue weighted by Gasteiger charge is -2.27. The minimum Gasteiger partial charge on any atom is -0.467 e. The zero-order valence-electron chi connectivity index (χ0n) is 25.2. The summed E-state index contributed by atoms with van der Waals surface area (Å²) in [5, 5.41) is 3.14. The van der Waals surface area contributed by atoms with Gasteiger partial charge in [0.1, 0.15) is 24.1 Å². The molecule has 6 rings (SSSR count). The van der Waals surface area contributed by atoms with Crippen molar-refractivity contribution in [2.75, 3.05) is 12.4 Å². The Morgan fingerprint density at radius 1 is 1.11 bits per heavy atom. The number of piperidine rings is 1. The maximum absolute atomic E-state index is 13.9. The summed E-state index contributed by atoms with van der Waals surface area (Å²) in [6, 6.07) is 2.97. The number of nitrogens with one attached hydrogen (secondary N) is 1. The van der Waals surface area contributed by atoms with E-state index in [0.717, 1.165) is 6.07 Å². The molecule has 4 aromatic heterocycles. The van der Waals surface area contributed by atoms with E-state index in [4.69, 9.17) is 9.72 Å². The minimum atomic E-state index is -4.67. The molecule has 2 amide bonds. The summed E-state index contributed by atoms with van der Waals surface area (Å²) in [6.07, 6.45) is 1.14. The van der Waals surface area contributed by atoms with Gasteiger partial charge in [-0.1, -0.05) is 13.0 Å². The highest BCUT2D eigenvalue weighted by Crippen LogP contribution is 2.59. The average Bonchev–Trinajstić information content (AvgIpc) is 3.33. The first-order valence-electron chi connectivity index (χ1n) is 14.2. The van der Waals surface area contributed by atoms with Crippen molar-refractivity contribution in [2.24, 2.45) is 5.41 Å². The first-order chi connectivity index (χ1) is 21.2. The van der Waals surface area contributed by atoms with E-state index in [1.165, 1.54) is 25.0 Å². The lowest BCUT2D eigenvalue weighted by Crippen LogP contribution is -2.46. The molecule has 11 nitrogen and oxygen atoms in total. The second kappa shape index (κ2) is 10.6. The Morgan fingerprint density at radius 2 is 1.82 bits per heavy atom. The Labute approximate surface area is 255 Å². The molecular weight excluding hydrogens is 591 g/mol. The van der Waals surface area contributed by atoms with Gasteiger partial charge in [-0.25, -0.2) is 15.0 Å². The Kier molecular flexibility index (Phi) is 7.13. The smallest absolute Gasteiger partial charge is 0.433 e. The van der Waals surface area contributed by atoms with E-state index in [2.05, 4.69) is 20.3 Å². The van der Waals surface area contributed by atoms with E-state index < -0.39 is 23.8 Å². The predicted octanol–water partition coefficient (Wildman–Crippen LogP) is 4.75. The molecule has 4 aromatic rings. The van der Waals surface area contributed by atoms with Crippen molar-refractivity contribution >= 4 is 34.3 Å². The third kappa shape index (κ3) is 5.38. The summed E-state index contributed by atoms with van der Waals surface area (Å²) >= 11 is 0. The van der Waals surface area contributed by atoms with Gasteiger partial charge in [0.15, 0.2) is 5.78 Å². The van der Waals surface area contributed by atoms with Crippen molar-refractivity contribution in [1.82, 2.24) is 29.4 Å². The number of ether oxygens (including phenoxy) is 1. The fraction of sp³-hybridized carbons (Fsp3) is 0.387. The molecule has 1 aliphatic carbocycles. The van der Waals surface area contributed by atoms with Gasteiger partial charge in [-0.2, -0.15) is 13.2 Å². The zero-order valence-corrected chi connectivity index (χ0v) is 25.2. The van der Waals surface area contributed by atoms with Crippen molar-refractivity contribution in [1.29, 1.82) is 0 Å². The van der Waals surface area contributed by atoms with E-state index >= 15 is 0 Å². The molecular formula is C31H30F3N7O4. The molecule has 45 heavy (non-hydrogen) atoms. The molecule has 5 heterocycles. The number of methoxy groups -OCH3 is 1. The SMILES string of the molecule is COc1ncc(-c2cc3c(C(C)=O)cn(CC(=O)N4[C@H](C(=O)Nc5nc(C(F)(F)F)ccc5C)C[C@@]5(C)C[C@@H]45)c3c(C)n2)cn1. The van der Waals surface area contributed by atoms with E-state index in [9.17, 15) is 27.6 Å². The van der Waals surface area contributed by atoms with Crippen LogP contribution in [0, 0.1) is 19.3 Å². The topological polar surface area (TPSA) is 132 Å². The van der Waals surface area contributed by atoms with Crippen molar-refractivity contribution in [2.45, 2.75) is 65.3 Å². The third-order valence-electron chi connectivity index (χ3n) is 8.68. The van der Waals surface area contributed by atoms with Crippen LogP contribution >= 0.6 is 0 Å². The lowest BCUT2D eigenvalue weighted by molar-refractivity contribution is -0.141. The highest BCUT2D eigenvalue weighted by molar-refractivity contribution is 6.08. The van der Waals surface area contributed by atoms with Gasteiger partial charge in [0.25, 0.3) is 0 Å². The molecule has 0 bridgehead atoms. The van der Waals surface area contributed by atoms with Crippen LogP contribution in [0.25, 0.3) is 22.2 Å². The Hall–Kier alpha value is -4.88. The molecule has 234 valence electrons. The van der Waals surface area contributed by atoms with Gasteiger partial charge >= 0.3 is 12.2 Å². The largest absolute Gasteiger partial charge is 0.467 e. The van der Waals surface area contributed by atoms with Crippen molar-refractivity contribution in [3.63, 3.8) is 0 Å². The third-order valence-corrected chi connectivity index (χ3v) is 8.68. The summed E-state index contributed by atoms with van der Waals surface area (Å²) in [4.78, 5) is 58.2. The first kappa shape index (κ1) is 30.2. The van der Waals surface area contributed by atoms with E-state index in [-0.39, 0.29) is 41.5 Å². The summed E-state index contributed by atoms with van der Waals surface area (Å²) in [6.45, 7) is 6.57. The number of halogens is 3. The van der Waals surface area contributed by atoms with Crippen LogP contribution in [0.2, 0.25) is 0 Å². The number of aromatic nitrogens is 5. The van der Waals surface area contributed by atoms with Crippen LogP contribution in [-0.2, 0) is 22.3 Å². The quantitative estimate of drug-likeness (QED) is 0.293. The average molecular weight is 622 g/mol. The number of pyridine rings is 2. The van der Waals surface area contributed by atoms with Gasteiger partial charge < -0.3 is 19.5 Å². The van der Waals surface area contributed by atoms with Gasteiger partial charge in [0.2, 0.25) is 11.8 Å². The van der Waals surface area contributed by atoms with Crippen LogP contribution in [0.4, 0.5) is 19.0 Å². The maximum atomic E-state index is 13.9. The molecule has 3 atom stereocenters. The highest BCUT2D eigenvalue weighted by Gasteiger charge is 2.64. The second-order valence-corrected chi connectivity index (χ2v) is 11.9. The van der Waals surface area contributed by atoms with Crippen LogP contribution in [0.5, 0.6) is 6.01 Å². The van der Waals surface area contributed by atoms with Gasteiger partial charge in [0, 0.05) is 41.1 Å². The highest BCUT2D eigenvalue weighted by atomic mass is 19.4. The van der Waals surface area contributed by atoms with Crippen LogP contribution in [0.15, 0.2) is 36.8 Å². The molecule has 1 saturated carbocycles. The van der Waals surface area contributed by atoms with Gasteiger partial charge in [-0.15, -0.1) is 0 Å². The monoisotopic (exact) mass is 621 g/mol. The van der Waals surface area contributed by atoms with E-state index in [1.54, 1.807) is 43.1 Å². The number of alkyl halides is 3. The summed E-state index contributed by atoms with van der Waals surface area (Å²) in [7, 11) is 1.46. The second-order valence-electron chi connectivity index (χ2n) is 11.9. The number of fused-ring (bicyclic) bond motifs is 2. The number of carbonyl (C=O) groups excluding carboxylic acids is 3. The molecule has 2 aliphatic rings. The van der Waals surface area contributed by atoms with Crippen LogP contribution in [-0.4, -0.2) is 66.2 Å². The number of hydrogen-bond donors (Lipinski definition) is 1. The number of anilines is 1. The van der Waals surface area contributed by atoms with Gasteiger partial charge in [0.05, 0.1) is 24.0 Å². The molecule has 1 N–H and O–H groups in total. The number of amides is 2. The predicted molar refractivity (Wildman–Crippen MR) is 156 cm³/mol. The number of nitrogens with zero attached hydrogens (tertiary/aromatic N) is 6. The standard InChI is InChI=1S/C31H30F3N7O4/c1-15-6-7-23(31(32,33)34)38-27(15)39-28(44)22-9-30(4)10-24(30)41(22)25(43)14-40-13-20(17(3)42)19-8-21(37-16(2)26(19)40)18-11-35-29(45-5)36-12-18/h6-8,11-13,22,24H,9-10,14H2,1-5H3,(H,38,39,44)/t22-,24+,30-/m0/s1. The molecule has 2 fully saturated rings. The molecule has 14 heteroatoms. The number of likely N-dealkylation sites (tertiary alicyclic amines) is 1. The van der Waals surface area contributed by atoms with Crippen molar-refractivity contribution in [3.05, 3.63) is 59.3 Å². The van der Waals surface area contributed by atoms with E-state index in [0.29, 0.717) is 51.8 Å². The Balaban J connectivity index is 1.30. The van der Waals surface area contributed by atoms with Crippen LogP contribution < -0.4 is 10.1 Å². The molecule has 0 radical (unpaired) electrons. The molecule has 0 spiro atoms. The van der Waals surface area contributed by atoms with Gasteiger partial charge in [-0.3, -0.25) is 19.4 Å². The fourth-order valence-electron chi connectivity index (χ4n) is 6.23. The number of carbonyl (C=O) groups is 3. The minimum absolute atomic E-state index is 0.172. The van der Waals surface area contributed by atoms with Crippen LogP contribution in [0.1, 0.15) is 54.0 Å². The number of rotatable bonds is 7. The fourth-order valence-corrected chi connectivity index (χ4v) is 6.23. The van der Waals surface area contributed by atoms with Gasteiger partial charge in [-0.05, 0) is 56.7 Å². The van der Waals surface area contributed by atoms with Crippen molar-refractivity contribution in [3.8, 4) is 17.3 Å². The molecule has 0 unspecified atom stereocenters. The molecule has 0 aromatic carbocycles. The number of aryl methyl sites for hydroxylation is 2. The number of Topliss-reactive ketones (excluding diaryl/α,β-unsaturated/α-hetero) is 1. The zero-order chi connectivity index (χ0) is 32.4. The molecule has 1 aliphatic heterocycles. The number of hydrogen-bond acceptors (Lipinski definition) is 8. The first-order valence-corrected chi connectivity index (χ1v) is 14.2. The normalized spacial score (nSPS) is 20.7. The summed E-state index contributed by atoms with van der Waals surface area (Å²) < 4.78 is 46.5. The summed E-state index contributed by atoms with van der Waals surface area (Å²) in [5.41, 5.74) is 1.68. The Morgan fingerprint density at radius 3 is 2.47 bits per heavy atom. The maximum Gasteiger partial charge on any atom is 0.433 e. The van der Waals surface area contributed by atoms with Crippen LogP contribution in [0.3, 0.4) is 0 Å². The van der Waals surface area contributed by atoms with Crippen molar-refractivity contribution < 1.29 is 32.3 Å².